The van der Waals surface area contributed by atoms with Gasteiger partial charge in [-0.25, -0.2) is 4.39 Å². The highest BCUT2D eigenvalue weighted by atomic mass is 35.5. The summed E-state index contributed by atoms with van der Waals surface area (Å²) in [6, 6.07) is 4.69. The van der Waals surface area contributed by atoms with E-state index in [-0.39, 0.29) is 17.5 Å². The van der Waals surface area contributed by atoms with Gasteiger partial charge in [-0.15, -0.1) is 0 Å². The molecule has 0 aliphatic rings. The number of nitrogens with one attached hydrogen (secondary N) is 1. The molecule has 0 aliphatic carbocycles. The minimum atomic E-state index is -0.371. The smallest absolute Gasteiger partial charge is 0.126 e. The maximum Gasteiger partial charge on any atom is 0.126 e. The lowest BCUT2D eigenvalue weighted by atomic mass is 9.91. The number of halogens is 2. The van der Waals surface area contributed by atoms with E-state index < -0.39 is 0 Å². The molecule has 1 aromatic carbocycles. The first-order valence-corrected chi connectivity index (χ1v) is 7.01. The topological polar surface area (TPSA) is 21.3 Å². The summed E-state index contributed by atoms with van der Waals surface area (Å²) in [7, 11) is 1.68. The van der Waals surface area contributed by atoms with Gasteiger partial charge in [-0.05, 0) is 57.0 Å². The quantitative estimate of drug-likeness (QED) is 0.823. The molecule has 1 unspecified atom stereocenters. The number of rotatable bonds is 7. The lowest BCUT2D eigenvalue weighted by Crippen LogP contribution is -2.49. The van der Waals surface area contributed by atoms with Crippen LogP contribution in [0.1, 0.15) is 32.8 Å². The zero-order chi connectivity index (χ0) is 14.5. The van der Waals surface area contributed by atoms with Gasteiger partial charge in [0.1, 0.15) is 5.82 Å². The van der Waals surface area contributed by atoms with Crippen molar-refractivity contribution < 1.29 is 9.13 Å². The van der Waals surface area contributed by atoms with Gasteiger partial charge in [-0.3, -0.25) is 0 Å². The Morgan fingerprint density at radius 1 is 1.42 bits per heavy atom. The van der Waals surface area contributed by atoms with Crippen molar-refractivity contribution in [3.05, 3.63) is 34.6 Å². The number of hydrogen-bond acceptors (Lipinski definition) is 2. The Morgan fingerprint density at radius 3 is 2.68 bits per heavy atom. The van der Waals surface area contributed by atoms with Crippen LogP contribution in [0.2, 0.25) is 5.02 Å². The molecule has 0 amide bonds. The van der Waals surface area contributed by atoms with Crippen molar-refractivity contribution in [3.8, 4) is 0 Å². The maximum atomic E-state index is 13.8. The highest BCUT2D eigenvalue weighted by Gasteiger charge is 2.29. The van der Waals surface area contributed by atoms with Gasteiger partial charge in [0.05, 0.1) is 5.60 Å². The van der Waals surface area contributed by atoms with Gasteiger partial charge in [-0.2, -0.15) is 0 Å². The molecule has 0 saturated heterocycles. The lowest BCUT2D eigenvalue weighted by molar-refractivity contribution is -0.0102. The first kappa shape index (κ1) is 16.4. The number of methoxy groups -OCH3 is 1. The van der Waals surface area contributed by atoms with E-state index in [1.165, 1.54) is 6.07 Å². The molecule has 19 heavy (non-hydrogen) atoms. The van der Waals surface area contributed by atoms with Crippen molar-refractivity contribution in [2.75, 3.05) is 13.7 Å². The molecule has 4 heteroatoms. The molecular formula is C15H23ClFNO. The van der Waals surface area contributed by atoms with Gasteiger partial charge < -0.3 is 10.1 Å². The Balaban J connectivity index is 2.90. The molecule has 0 saturated carbocycles. The molecule has 2 nitrogen and oxygen atoms in total. The minimum Gasteiger partial charge on any atom is -0.377 e. The first-order valence-electron chi connectivity index (χ1n) is 6.63. The minimum absolute atomic E-state index is 0.0328. The molecule has 0 bridgehead atoms. The Morgan fingerprint density at radius 2 is 2.11 bits per heavy atom. The predicted molar refractivity (Wildman–Crippen MR) is 78.3 cm³/mol. The zero-order valence-corrected chi connectivity index (χ0v) is 12.9. The molecule has 108 valence electrons. The van der Waals surface area contributed by atoms with Crippen molar-refractivity contribution in [3.63, 3.8) is 0 Å². The van der Waals surface area contributed by atoms with Crippen LogP contribution in [0.15, 0.2) is 18.2 Å². The summed E-state index contributed by atoms with van der Waals surface area (Å²) in [5.74, 6) is -0.223. The van der Waals surface area contributed by atoms with Crippen molar-refractivity contribution >= 4 is 11.6 Å². The molecule has 0 fully saturated rings. The second-order valence-corrected chi connectivity index (χ2v) is 5.69. The van der Waals surface area contributed by atoms with Crippen LogP contribution in [0.5, 0.6) is 0 Å². The number of hydrogen-bond donors (Lipinski definition) is 1. The largest absolute Gasteiger partial charge is 0.377 e. The third kappa shape index (κ3) is 4.75. The van der Waals surface area contributed by atoms with Gasteiger partial charge in [0.15, 0.2) is 0 Å². The van der Waals surface area contributed by atoms with Crippen LogP contribution in [0.25, 0.3) is 0 Å². The summed E-state index contributed by atoms with van der Waals surface area (Å²) in [4.78, 5) is 0. The SMILES string of the molecule is CCCNC(Cc1cc(Cl)ccc1F)C(C)(C)OC. The van der Waals surface area contributed by atoms with Crippen LogP contribution in [0.4, 0.5) is 4.39 Å². The molecule has 0 heterocycles. The highest BCUT2D eigenvalue weighted by Crippen LogP contribution is 2.22. The number of benzene rings is 1. The molecule has 1 N–H and O–H groups in total. The fourth-order valence-corrected chi connectivity index (χ4v) is 2.14. The van der Waals surface area contributed by atoms with Gasteiger partial charge in [0.25, 0.3) is 0 Å². The van der Waals surface area contributed by atoms with E-state index in [9.17, 15) is 4.39 Å². The fraction of sp³-hybridized carbons (Fsp3) is 0.600. The predicted octanol–water partition coefficient (Wildman–Crippen LogP) is 3.81. The number of ether oxygens (including phenoxy) is 1. The van der Waals surface area contributed by atoms with Gasteiger partial charge in [0, 0.05) is 18.2 Å². The highest BCUT2D eigenvalue weighted by molar-refractivity contribution is 6.30. The summed E-state index contributed by atoms with van der Waals surface area (Å²) in [6.07, 6.45) is 1.57. The van der Waals surface area contributed by atoms with E-state index in [0.717, 1.165) is 13.0 Å². The first-order chi connectivity index (χ1) is 8.90. The molecule has 0 aliphatic heterocycles. The van der Waals surface area contributed by atoms with E-state index in [0.29, 0.717) is 17.0 Å². The van der Waals surface area contributed by atoms with E-state index in [1.807, 2.05) is 13.8 Å². The fourth-order valence-electron chi connectivity index (χ4n) is 1.94. The van der Waals surface area contributed by atoms with Gasteiger partial charge in [0.2, 0.25) is 0 Å². The van der Waals surface area contributed by atoms with E-state index in [1.54, 1.807) is 19.2 Å². The van der Waals surface area contributed by atoms with Crippen LogP contribution in [0.3, 0.4) is 0 Å². The molecule has 1 atom stereocenters. The van der Waals surface area contributed by atoms with Crippen LogP contribution in [0, 0.1) is 5.82 Å². The van der Waals surface area contributed by atoms with Gasteiger partial charge in [-0.1, -0.05) is 18.5 Å². The summed E-state index contributed by atoms with van der Waals surface area (Å²) in [5, 5.41) is 3.98. The van der Waals surface area contributed by atoms with Crippen LogP contribution >= 0.6 is 11.6 Å². The standard InChI is InChI=1S/C15H23ClFNO/c1-5-8-18-14(15(2,3)19-4)10-11-9-12(16)6-7-13(11)17/h6-7,9,14,18H,5,8,10H2,1-4H3. The van der Waals surface area contributed by atoms with Crippen molar-refractivity contribution in [1.82, 2.24) is 5.32 Å². The average molecular weight is 288 g/mol. The molecular weight excluding hydrogens is 265 g/mol. The van der Waals surface area contributed by atoms with Crippen LogP contribution in [-0.2, 0) is 11.2 Å². The van der Waals surface area contributed by atoms with Crippen LogP contribution in [-0.4, -0.2) is 25.3 Å². The average Bonchev–Trinajstić information content (AvgIpc) is 2.38. The Kier molecular flexibility index (Phi) is 6.24. The zero-order valence-electron chi connectivity index (χ0n) is 12.1. The lowest BCUT2D eigenvalue weighted by Gasteiger charge is -2.34. The van der Waals surface area contributed by atoms with Crippen molar-refractivity contribution in [1.29, 1.82) is 0 Å². The molecule has 0 aromatic heterocycles. The third-order valence-corrected chi connectivity index (χ3v) is 3.67. The summed E-state index contributed by atoms with van der Waals surface area (Å²) in [6.45, 7) is 6.98. The summed E-state index contributed by atoms with van der Waals surface area (Å²) >= 11 is 5.93. The Bertz CT molecular complexity index is 409. The van der Waals surface area contributed by atoms with Crippen molar-refractivity contribution in [2.24, 2.45) is 0 Å². The van der Waals surface area contributed by atoms with Gasteiger partial charge >= 0.3 is 0 Å². The van der Waals surface area contributed by atoms with Crippen LogP contribution < -0.4 is 5.32 Å². The normalized spacial score (nSPS) is 13.6. The third-order valence-electron chi connectivity index (χ3n) is 3.44. The Labute approximate surface area is 120 Å². The molecule has 1 aromatic rings. The summed E-state index contributed by atoms with van der Waals surface area (Å²) in [5.41, 5.74) is 0.246. The van der Waals surface area contributed by atoms with E-state index >= 15 is 0 Å². The monoisotopic (exact) mass is 287 g/mol. The van der Waals surface area contributed by atoms with E-state index in [4.69, 9.17) is 16.3 Å². The molecule has 0 radical (unpaired) electrons. The van der Waals surface area contributed by atoms with Crippen molar-refractivity contribution in [2.45, 2.75) is 45.3 Å². The maximum absolute atomic E-state index is 13.8. The molecule has 0 spiro atoms. The molecule has 1 rings (SSSR count). The second kappa shape index (κ2) is 7.22. The van der Waals surface area contributed by atoms with E-state index in [2.05, 4.69) is 12.2 Å². The summed E-state index contributed by atoms with van der Waals surface area (Å²) < 4.78 is 19.3. The second-order valence-electron chi connectivity index (χ2n) is 5.25. The Hall–Kier alpha value is -0.640.